The highest BCUT2D eigenvalue weighted by molar-refractivity contribution is 7.21. The topological polar surface area (TPSA) is 59.3 Å². The lowest BCUT2D eigenvalue weighted by molar-refractivity contribution is 0.0957. The Morgan fingerprint density at radius 1 is 1.23 bits per heavy atom. The fourth-order valence-electron chi connectivity index (χ4n) is 3.40. The number of hydrogen-bond donors (Lipinski definition) is 1. The van der Waals surface area contributed by atoms with Crippen LogP contribution in [-0.4, -0.2) is 26.8 Å². The largest absolute Gasteiger partial charge is 0.351 e. The molecule has 1 aliphatic rings. The van der Waals surface area contributed by atoms with E-state index in [9.17, 15) is 4.79 Å². The van der Waals surface area contributed by atoms with Crippen molar-refractivity contribution in [2.75, 3.05) is 6.54 Å². The molecule has 0 atom stereocenters. The molecule has 5 nitrogen and oxygen atoms in total. The van der Waals surface area contributed by atoms with Crippen LogP contribution in [0, 0.1) is 0 Å². The SMILES string of the molecule is O=C(NCCCc1nc2c(s1)CCCC2)c1cc2c(nc3sccn32)s1. The van der Waals surface area contributed by atoms with Crippen LogP contribution >= 0.6 is 34.0 Å². The third-order valence-electron chi connectivity index (χ3n) is 4.71. The van der Waals surface area contributed by atoms with Crippen LogP contribution in [0.5, 0.6) is 0 Å². The number of hydrogen-bond acceptors (Lipinski definition) is 6. The molecule has 5 rings (SSSR count). The van der Waals surface area contributed by atoms with Crippen molar-refractivity contribution in [2.24, 2.45) is 0 Å². The van der Waals surface area contributed by atoms with E-state index in [0.29, 0.717) is 6.54 Å². The Bertz CT molecular complexity index is 1060. The Balaban J connectivity index is 1.18. The maximum atomic E-state index is 12.4. The van der Waals surface area contributed by atoms with E-state index in [-0.39, 0.29) is 5.91 Å². The van der Waals surface area contributed by atoms with Crippen LogP contribution < -0.4 is 5.32 Å². The summed E-state index contributed by atoms with van der Waals surface area (Å²) in [6.07, 6.45) is 8.78. The van der Waals surface area contributed by atoms with Gasteiger partial charge in [-0.2, -0.15) is 0 Å². The minimum absolute atomic E-state index is 0.00425. The fourth-order valence-corrected chi connectivity index (χ4v) is 6.32. The van der Waals surface area contributed by atoms with Gasteiger partial charge in [-0.25, -0.2) is 9.97 Å². The number of thiazole rings is 2. The monoisotopic (exact) mass is 402 g/mol. The summed E-state index contributed by atoms with van der Waals surface area (Å²) in [5.74, 6) is -0.00425. The maximum absolute atomic E-state index is 12.4. The van der Waals surface area contributed by atoms with Crippen molar-refractivity contribution >= 4 is 55.2 Å². The lowest BCUT2D eigenvalue weighted by Gasteiger charge is -2.06. The Kier molecular flexibility index (Phi) is 4.26. The summed E-state index contributed by atoms with van der Waals surface area (Å²) in [4.78, 5) is 25.9. The number of aromatic nitrogens is 3. The highest BCUT2D eigenvalue weighted by Crippen LogP contribution is 2.29. The number of fused-ring (bicyclic) bond motifs is 4. The number of amides is 1. The van der Waals surface area contributed by atoms with E-state index < -0.39 is 0 Å². The summed E-state index contributed by atoms with van der Waals surface area (Å²) in [6, 6.07) is 1.94. The van der Waals surface area contributed by atoms with Gasteiger partial charge in [-0.05, 0) is 38.2 Å². The quantitative estimate of drug-likeness (QED) is 0.506. The second-order valence-corrected chi connectivity index (χ2v) is 9.58. The van der Waals surface area contributed by atoms with Crippen molar-refractivity contribution in [1.82, 2.24) is 19.7 Å². The van der Waals surface area contributed by atoms with E-state index in [4.69, 9.17) is 4.98 Å². The average Bonchev–Trinajstić information content (AvgIpc) is 3.38. The predicted molar refractivity (Wildman–Crippen MR) is 108 cm³/mol. The molecule has 0 spiro atoms. The first-order valence-corrected chi connectivity index (χ1v) is 11.4. The molecule has 4 heterocycles. The minimum atomic E-state index is -0.00425. The first-order chi connectivity index (χ1) is 12.8. The molecule has 0 radical (unpaired) electrons. The average molecular weight is 403 g/mol. The van der Waals surface area contributed by atoms with Gasteiger partial charge in [0.25, 0.3) is 5.91 Å². The Morgan fingerprint density at radius 3 is 3.08 bits per heavy atom. The number of rotatable bonds is 5. The molecule has 0 saturated heterocycles. The van der Waals surface area contributed by atoms with Gasteiger partial charge >= 0.3 is 0 Å². The Morgan fingerprint density at radius 2 is 2.15 bits per heavy atom. The molecular weight excluding hydrogens is 384 g/mol. The second-order valence-electron chi connectivity index (χ2n) is 6.51. The molecule has 0 unspecified atom stereocenters. The van der Waals surface area contributed by atoms with E-state index in [1.54, 1.807) is 11.3 Å². The number of aryl methyl sites for hydroxylation is 3. The van der Waals surface area contributed by atoms with Crippen LogP contribution in [0.4, 0.5) is 0 Å². The first kappa shape index (κ1) is 16.4. The van der Waals surface area contributed by atoms with Crippen molar-refractivity contribution in [3.05, 3.63) is 38.1 Å². The molecule has 0 aromatic carbocycles. The van der Waals surface area contributed by atoms with E-state index >= 15 is 0 Å². The number of thiophene rings is 1. The zero-order chi connectivity index (χ0) is 17.5. The highest BCUT2D eigenvalue weighted by atomic mass is 32.1. The minimum Gasteiger partial charge on any atom is -0.351 e. The van der Waals surface area contributed by atoms with Crippen molar-refractivity contribution in [2.45, 2.75) is 38.5 Å². The van der Waals surface area contributed by atoms with Gasteiger partial charge < -0.3 is 5.32 Å². The van der Waals surface area contributed by atoms with Crippen molar-refractivity contribution in [3.63, 3.8) is 0 Å². The van der Waals surface area contributed by atoms with Gasteiger partial charge in [0.1, 0.15) is 4.83 Å². The summed E-state index contributed by atoms with van der Waals surface area (Å²) in [5.41, 5.74) is 2.34. The number of imidazole rings is 1. The molecule has 0 aliphatic heterocycles. The number of carbonyl (C=O) groups is 1. The molecule has 0 bridgehead atoms. The lowest BCUT2D eigenvalue weighted by Crippen LogP contribution is -2.23. The molecule has 1 amide bonds. The van der Waals surface area contributed by atoms with Crippen LogP contribution in [0.15, 0.2) is 17.6 Å². The van der Waals surface area contributed by atoms with Gasteiger partial charge in [-0.1, -0.05) is 0 Å². The zero-order valence-corrected chi connectivity index (χ0v) is 16.6. The molecule has 1 aliphatic carbocycles. The van der Waals surface area contributed by atoms with Gasteiger partial charge in [-0.15, -0.1) is 34.0 Å². The maximum Gasteiger partial charge on any atom is 0.261 e. The van der Waals surface area contributed by atoms with Crippen LogP contribution in [-0.2, 0) is 19.3 Å². The summed E-state index contributed by atoms with van der Waals surface area (Å²) in [5, 5.41) is 6.27. The Labute approximate surface area is 162 Å². The summed E-state index contributed by atoms with van der Waals surface area (Å²) >= 11 is 4.94. The van der Waals surface area contributed by atoms with Gasteiger partial charge in [0.05, 0.1) is 21.1 Å². The van der Waals surface area contributed by atoms with Crippen molar-refractivity contribution in [1.29, 1.82) is 0 Å². The van der Waals surface area contributed by atoms with Gasteiger partial charge in [0.15, 0.2) is 4.96 Å². The van der Waals surface area contributed by atoms with Crippen LogP contribution in [0.1, 0.15) is 44.5 Å². The normalized spacial score (nSPS) is 14.2. The first-order valence-electron chi connectivity index (χ1n) is 8.89. The predicted octanol–water partition coefficient (Wildman–Crippen LogP) is 4.31. The van der Waals surface area contributed by atoms with Crippen LogP contribution in [0.3, 0.4) is 0 Å². The molecule has 1 N–H and O–H groups in total. The molecule has 4 aromatic heterocycles. The molecule has 8 heteroatoms. The molecule has 26 heavy (non-hydrogen) atoms. The second kappa shape index (κ2) is 6.75. The summed E-state index contributed by atoms with van der Waals surface area (Å²) < 4.78 is 2.04. The third kappa shape index (κ3) is 2.95. The van der Waals surface area contributed by atoms with E-state index in [0.717, 1.165) is 39.4 Å². The van der Waals surface area contributed by atoms with Gasteiger partial charge in [-0.3, -0.25) is 9.20 Å². The number of nitrogens with one attached hydrogen (secondary N) is 1. The lowest BCUT2D eigenvalue weighted by atomic mass is 10.0. The number of carbonyl (C=O) groups excluding carboxylic acids is 1. The summed E-state index contributed by atoms with van der Waals surface area (Å²) in [7, 11) is 0. The van der Waals surface area contributed by atoms with E-state index in [1.807, 2.05) is 33.4 Å². The highest BCUT2D eigenvalue weighted by Gasteiger charge is 2.16. The summed E-state index contributed by atoms with van der Waals surface area (Å²) in [6.45, 7) is 0.680. The standard InChI is InChI=1S/C18H18N4OS3/c23-16(14-10-12-17(26-14)21-18-22(12)8-9-24-18)19-7-3-6-15-20-11-4-1-2-5-13(11)25-15/h8-10H,1-7H2,(H,19,23). The van der Waals surface area contributed by atoms with Crippen molar-refractivity contribution < 1.29 is 4.79 Å². The molecule has 0 fully saturated rings. The van der Waals surface area contributed by atoms with E-state index in [2.05, 4.69) is 10.3 Å². The molecule has 134 valence electrons. The third-order valence-corrected chi connectivity index (χ3v) is 7.70. The number of nitrogens with zero attached hydrogens (tertiary/aromatic N) is 3. The van der Waals surface area contributed by atoms with Crippen LogP contribution in [0.25, 0.3) is 15.3 Å². The van der Waals surface area contributed by atoms with E-state index in [1.165, 1.54) is 46.2 Å². The van der Waals surface area contributed by atoms with Crippen molar-refractivity contribution in [3.8, 4) is 0 Å². The fraction of sp³-hybridized carbons (Fsp3) is 0.389. The smallest absolute Gasteiger partial charge is 0.261 e. The molecule has 4 aromatic rings. The van der Waals surface area contributed by atoms with Crippen LogP contribution in [0.2, 0.25) is 0 Å². The Hall–Kier alpha value is -1.77. The van der Waals surface area contributed by atoms with Gasteiger partial charge in [0.2, 0.25) is 0 Å². The molecular formula is C18H18N4OS3. The zero-order valence-electron chi connectivity index (χ0n) is 14.2. The van der Waals surface area contributed by atoms with Gasteiger partial charge in [0, 0.05) is 29.4 Å². The molecule has 0 saturated carbocycles.